The average molecular weight is 306 g/mol. The number of aryl methyl sites for hydroxylation is 1. The van der Waals surface area contributed by atoms with Crippen LogP contribution in [0.15, 0.2) is 12.3 Å². The number of pyridine rings is 1. The molecule has 2 atom stereocenters. The van der Waals surface area contributed by atoms with Crippen molar-refractivity contribution in [3.63, 3.8) is 0 Å². The molecular weight excluding hydrogens is 280 g/mol. The van der Waals surface area contributed by atoms with E-state index >= 15 is 0 Å². The first-order valence-electron chi connectivity index (χ1n) is 7.97. The first kappa shape index (κ1) is 16.7. The number of hydrogen-bond acceptors (Lipinski definition) is 4. The van der Waals surface area contributed by atoms with Gasteiger partial charge in [-0.2, -0.15) is 0 Å². The molecule has 0 bridgehead atoms. The van der Waals surface area contributed by atoms with Crippen molar-refractivity contribution in [2.75, 3.05) is 19.0 Å². The Bertz CT molecular complexity index is 533. The van der Waals surface area contributed by atoms with Crippen molar-refractivity contribution in [2.24, 2.45) is 5.92 Å². The highest BCUT2D eigenvalue weighted by Crippen LogP contribution is 2.35. The molecule has 1 N–H and O–H groups in total. The van der Waals surface area contributed by atoms with Gasteiger partial charge in [0.05, 0.1) is 18.5 Å². The SMILES string of the molecule is CCOc1ncc(NC(=O)[C@@]2(OC)CCC[C@@H](C)C2)cc1C. The van der Waals surface area contributed by atoms with Crippen LogP contribution >= 0.6 is 0 Å². The van der Waals surface area contributed by atoms with Crippen LogP contribution in [0.3, 0.4) is 0 Å². The highest BCUT2D eigenvalue weighted by atomic mass is 16.5. The summed E-state index contributed by atoms with van der Waals surface area (Å²) in [5.41, 5.74) is 0.869. The Morgan fingerprint density at radius 1 is 1.55 bits per heavy atom. The van der Waals surface area contributed by atoms with Crippen molar-refractivity contribution in [1.82, 2.24) is 4.98 Å². The predicted molar refractivity (Wildman–Crippen MR) is 86.1 cm³/mol. The van der Waals surface area contributed by atoms with Crippen molar-refractivity contribution in [3.8, 4) is 5.88 Å². The molecule has 1 heterocycles. The third-order valence-electron chi connectivity index (χ3n) is 4.33. The lowest BCUT2D eigenvalue weighted by atomic mass is 9.78. The molecule has 1 aliphatic rings. The van der Waals surface area contributed by atoms with Crippen LogP contribution in [0.25, 0.3) is 0 Å². The van der Waals surface area contributed by atoms with Gasteiger partial charge in [0.1, 0.15) is 5.60 Å². The molecule has 1 aromatic rings. The summed E-state index contributed by atoms with van der Waals surface area (Å²) in [6.45, 7) is 6.58. The van der Waals surface area contributed by atoms with Gasteiger partial charge in [-0.05, 0) is 45.1 Å². The minimum absolute atomic E-state index is 0.0769. The standard InChI is InChI=1S/C17H26N2O3/c1-5-22-15-13(3)9-14(11-18-15)19-16(20)17(21-4)8-6-7-12(2)10-17/h9,11-12H,5-8,10H2,1-4H3,(H,19,20)/t12-,17-/m1/s1. The minimum atomic E-state index is -0.718. The Kier molecular flexibility index (Phi) is 5.40. The Hall–Kier alpha value is -1.62. The molecule has 1 amide bonds. The molecule has 0 aliphatic heterocycles. The van der Waals surface area contributed by atoms with Crippen LogP contribution in [0.5, 0.6) is 5.88 Å². The summed E-state index contributed by atoms with van der Waals surface area (Å²) in [6.07, 6.45) is 5.33. The van der Waals surface area contributed by atoms with Gasteiger partial charge in [-0.3, -0.25) is 4.79 Å². The zero-order valence-electron chi connectivity index (χ0n) is 13.9. The van der Waals surface area contributed by atoms with E-state index in [0.717, 1.165) is 31.2 Å². The Morgan fingerprint density at radius 3 is 2.91 bits per heavy atom. The molecule has 1 saturated carbocycles. The maximum Gasteiger partial charge on any atom is 0.256 e. The number of ether oxygens (including phenoxy) is 2. The van der Waals surface area contributed by atoms with Crippen LogP contribution in [0, 0.1) is 12.8 Å². The molecule has 0 saturated heterocycles. The van der Waals surface area contributed by atoms with Crippen molar-refractivity contribution in [2.45, 2.75) is 52.1 Å². The van der Waals surface area contributed by atoms with Gasteiger partial charge < -0.3 is 14.8 Å². The molecule has 122 valence electrons. The van der Waals surface area contributed by atoms with Gasteiger partial charge >= 0.3 is 0 Å². The first-order chi connectivity index (χ1) is 10.5. The highest BCUT2D eigenvalue weighted by Gasteiger charge is 2.42. The summed E-state index contributed by atoms with van der Waals surface area (Å²) in [7, 11) is 1.62. The van der Waals surface area contributed by atoms with E-state index in [9.17, 15) is 4.79 Å². The quantitative estimate of drug-likeness (QED) is 0.906. The second-order valence-electron chi connectivity index (χ2n) is 6.13. The maximum absolute atomic E-state index is 12.7. The normalized spacial score (nSPS) is 24.8. The number of rotatable bonds is 5. The van der Waals surface area contributed by atoms with E-state index in [0.29, 0.717) is 24.1 Å². The van der Waals surface area contributed by atoms with Crippen molar-refractivity contribution in [3.05, 3.63) is 17.8 Å². The number of aromatic nitrogens is 1. The summed E-state index contributed by atoms with van der Waals surface area (Å²) in [5, 5.41) is 2.95. The van der Waals surface area contributed by atoms with E-state index in [1.807, 2.05) is 19.9 Å². The summed E-state index contributed by atoms with van der Waals surface area (Å²) >= 11 is 0. The third-order valence-corrected chi connectivity index (χ3v) is 4.33. The second-order valence-corrected chi connectivity index (χ2v) is 6.13. The molecule has 0 radical (unpaired) electrons. The summed E-state index contributed by atoms with van der Waals surface area (Å²) in [5.74, 6) is 1.03. The Morgan fingerprint density at radius 2 is 2.32 bits per heavy atom. The average Bonchev–Trinajstić information content (AvgIpc) is 2.50. The number of carbonyl (C=O) groups is 1. The van der Waals surface area contributed by atoms with Crippen molar-refractivity contribution in [1.29, 1.82) is 0 Å². The minimum Gasteiger partial charge on any atom is -0.478 e. The van der Waals surface area contributed by atoms with Crippen LogP contribution in [-0.2, 0) is 9.53 Å². The lowest BCUT2D eigenvalue weighted by Gasteiger charge is -2.37. The zero-order valence-corrected chi connectivity index (χ0v) is 13.9. The predicted octanol–water partition coefficient (Wildman–Crippen LogP) is 3.32. The number of nitrogens with zero attached hydrogens (tertiary/aromatic N) is 1. The van der Waals surface area contributed by atoms with E-state index in [4.69, 9.17) is 9.47 Å². The van der Waals surface area contributed by atoms with Gasteiger partial charge in [-0.15, -0.1) is 0 Å². The van der Waals surface area contributed by atoms with E-state index in [1.165, 1.54) is 0 Å². The number of hydrogen-bond donors (Lipinski definition) is 1. The van der Waals surface area contributed by atoms with Crippen LogP contribution in [0.1, 0.15) is 45.1 Å². The van der Waals surface area contributed by atoms with Gasteiger partial charge in [-0.25, -0.2) is 4.98 Å². The van der Waals surface area contributed by atoms with Gasteiger partial charge in [0, 0.05) is 12.7 Å². The largest absolute Gasteiger partial charge is 0.478 e. The summed E-state index contributed by atoms with van der Waals surface area (Å²) in [4.78, 5) is 16.9. The topological polar surface area (TPSA) is 60.5 Å². The van der Waals surface area contributed by atoms with Crippen LogP contribution in [0.4, 0.5) is 5.69 Å². The molecule has 2 rings (SSSR count). The molecule has 0 unspecified atom stereocenters. The molecule has 22 heavy (non-hydrogen) atoms. The van der Waals surface area contributed by atoms with Gasteiger partial charge in [-0.1, -0.05) is 13.3 Å². The van der Waals surface area contributed by atoms with E-state index in [-0.39, 0.29) is 5.91 Å². The van der Waals surface area contributed by atoms with E-state index in [1.54, 1.807) is 13.3 Å². The fourth-order valence-corrected chi connectivity index (χ4v) is 3.15. The summed E-state index contributed by atoms with van der Waals surface area (Å²) in [6, 6.07) is 1.88. The van der Waals surface area contributed by atoms with E-state index in [2.05, 4.69) is 17.2 Å². The Labute approximate surface area is 132 Å². The monoisotopic (exact) mass is 306 g/mol. The molecule has 0 aromatic carbocycles. The second kappa shape index (κ2) is 7.09. The molecular formula is C17H26N2O3. The molecule has 1 aromatic heterocycles. The van der Waals surface area contributed by atoms with Crippen LogP contribution in [-0.4, -0.2) is 30.2 Å². The van der Waals surface area contributed by atoms with Crippen LogP contribution < -0.4 is 10.1 Å². The first-order valence-corrected chi connectivity index (χ1v) is 7.97. The number of amides is 1. The number of nitrogens with one attached hydrogen (secondary N) is 1. The molecule has 1 aliphatic carbocycles. The van der Waals surface area contributed by atoms with Gasteiger partial charge in [0.15, 0.2) is 0 Å². The molecule has 5 heteroatoms. The number of methoxy groups -OCH3 is 1. The summed E-state index contributed by atoms with van der Waals surface area (Å²) < 4.78 is 11.0. The van der Waals surface area contributed by atoms with E-state index < -0.39 is 5.60 Å². The lowest BCUT2D eigenvalue weighted by molar-refractivity contribution is -0.143. The molecule has 0 spiro atoms. The Balaban J connectivity index is 2.12. The number of carbonyl (C=O) groups excluding carboxylic acids is 1. The van der Waals surface area contributed by atoms with Crippen LogP contribution in [0.2, 0.25) is 0 Å². The van der Waals surface area contributed by atoms with Crippen molar-refractivity contribution < 1.29 is 14.3 Å². The lowest BCUT2D eigenvalue weighted by Crippen LogP contribution is -2.47. The highest BCUT2D eigenvalue weighted by molar-refractivity contribution is 5.97. The number of anilines is 1. The van der Waals surface area contributed by atoms with Gasteiger partial charge in [0.2, 0.25) is 5.88 Å². The van der Waals surface area contributed by atoms with Gasteiger partial charge in [0.25, 0.3) is 5.91 Å². The fourth-order valence-electron chi connectivity index (χ4n) is 3.15. The third kappa shape index (κ3) is 3.58. The van der Waals surface area contributed by atoms with Crippen molar-refractivity contribution >= 4 is 11.6 Å². The zero-order chi connectivity index (χ0) is 16.2. The molecule has 5 nitrogen and oxygen atoms in total. The maximum atomic E-state index is 12.7. The fraction of sp³-hybridized carbons (Fsp3) is 0.647. The molecule has 1 fully saturated rings. The smallest absolute Gasteiger partial charge is 0.256 e.